The summed E-state index contributed by atoms with van der Waals surface area (Å²) >= 11 is 0. The van der Waals surface area contributed by atoms with Gasteiger partial charge in [-0.05, 0) is 105 Å². The Morgan fingerprint density at radius 2 is 1.58 bits per heavy atom. The number of aliphatic hydroxyl groups is 5. The third-order valence-electron chi connectivity index (χ3n) is 14.4. The van der Waals surface area contributed by atoms with Gasteiger partial charge in [0.15, 0.2) is 12.6 Å². The highest BCUT2D eigenvalue weighted by Gasteiger charge is 2.53. The molecule has 0 radical (unpaired) electrons. The van der Waals surface area contributed by atoms with Crippen molar-refractivity contribution in [3.05, 3.63) is 40.2 Å². The van der Waals surface area contributed by atoms with Crippen molar-refractivity contribution in [1.82, 2.24) is 9.80 Å². The van der Waals surface area contributed by atoms with E-state index in [1.165, 1.54) is 27.2 Å². The third-order valence-corrected chi connectivity index (χ3v) is 14.4. The van der Waals surface area contributed by atoms with Gasteiger partial charge in [0.2, 0.25) is 0 Å². The molecule has 5 N–H and O–H groups in total. The maximum atomic E-state index is 14.6. The number of hydrogen-bond acceptors (Lipinski definition) is 17. The molecule has 3 aliphatic heterocycles. The van der Waals surface area contributed by atoms with Gasteiger partial charge in [0.05, 0.1) is 48.6 Å². The SMILES string of the molecule is CC[C@H]1OC(=O)[C@H](C)[C@@H](O[C@H]2C[C@@](C)(OC)[C@@H](O)[C@H](C)O2)[C@H](C)[C@@H](O[C@@H]2O[C@H](C)C[C@H](N(C)C)[C@H]2O)[C@](C)(O)C[C@@H](C)CN(Cc2cc(=O)oc3cc(OC)ccc23)[C@H](C)[C@@H](O)[C@]1(C)O. The molecule has 1 aromatic carbocycles. The van der Waals surface area contributed by atoms with Crippen LogP contribution in [0.1, 0.15) is 100 Å². The molecule has 3 aliphatic rings. The molecular formula is C48H78N2O15. The van der Waals surface area contributed by atoms with Crippen LogP contribution < -0.4 is 10.4 Å². The lowest BCUT2D eigenvalue weighted by Crippen LogP contribution is -2.60. The highest BCUT2D eigenvalue weighted by molar-refractivity contribution is 5.81. The fourth-order valence-electron chi connectivity index (χ4n) is 10.5. The van der Waals surface area contributed by atoms with Crippen LogP contribution in [-0.4, -0.2) is 166 Å². The van der Waals surface area contributed by atoms with Crippen molar-refractivity contribution in [3.8, 4) is 5.75 Å². The molecule has 0 saturated carbocycles. The summed E-state index contributed by atoms with van der Waals surface area (Å²) < 4.78 is 49.0. The van der Waals surface area contributed by atoms with Crippen molar-refractivity contribution in [1.29, 1.82) is 0 Å². The summed E-state index contributed by atoms with van der Waals surface area (Å²) in [5.41, 5.74) is -4.43. The number of hydrogen-bond donors (Lipinski definition) is 5. The second-order valence-electron chi connectivity index (χ2n) is 20.1. The normalized spacial score (nSPS) is 42.0. The number of nitrogens with zero attached hydrogens (tertiary/aromatic N) is 2. The first kappa shape index (κ1) is 53.2. The summed E-state index contributed by atoms with van der Waals surface area (Å²) in [5.74, 6) is -2.54. The molecule has 0 amide bonds. The molecule has 17 heteroatoms. The number of fused-ring (bicyclic) bond motifs is 1. The molecule has 65 heavy (non-hydrogen) atoms. The van der Waals surface area contributed by atoms with Crippen LogP contribution in [0.15, 0.2) is 33.5 Å². The second kappa shape index (κ2) is 21.2. The number of methoxy groups -OCH3 is 2. The van der Waals surface area contributed by atoms with Crippen LogP contribution in [-0.2, 0) is 39.8 Å². The third kappa shape index (κ3) is 11.7. The molecule has 5 rings (SSSR count). The molecule has 1 aromatic heterocycles. The van der Waals surface area contributed by atoms with Gasteiger partial charge in [-0.2, -0.15) is 0 Å². The van der Waals surface area contributed by atoms with Gasteiger partial charge in [-0.3, -0.25) is 9.69 Å². The van der Waals surface area contributed by atoms with E-state index in [0.29, 0.717) is 28.7 Å². The average Bonchev–Trinajstić information content (AvgIpc) is 3.24. The number of esters is 1. The van der Waals surface area contributed by atoms with Gasteiger partial charge < -0.3 is 68.0 Å². The van der Waals surface area contributed by atoms with E-state index >= 15 is 0 Å². The molecule has 18 atom stereocenters. The molecule has 17 nitrogen and oxygen atoms in total. The Kier molecular flexibility index (Phi) is 17.4. The number of benzene rings is 1. The highest BCUT2D eigenvalue weighted by Crippen LogP contribution is 2.40. The standard InChI is InChI=1S/C48H78N2O15/c1-15-36-48(10,57)41(53)29(6)50(24-31-19-37(51)62-35-20-32(58-13)16-17-33(31)35)23-25(2)21-46(8,56)43(65-45-39(52)34(49(11)12)18-26(3)60-45)27(4)40(28(5)44(55)63-36)64-38-22-47(9,59-14)42(54)30(7)61-38/h16-17,19-20,25-30,34,36,38-43,45,52-54,56-57H,15,18,21-24H2,1-14H3/t25-,26-,27+,28-,29-,30+,34+,36-,38+,39-,40+,41-,42+,43-,45+,46-,47-,48-/m1/s1. The van der Waals surface area contributed by atoms with Crippen LogP contribution in [0.3, 0.4) is 0 Å². The van der Waals surface area contributed by atoms with Gasteiger partial charge in [-0.15, -0.1) is 0 Å². The van der Waals surface area contributed by atoms with Crippen LogP contribution >= 0.6 is 0 Å². The highest BCUT2D eigenvalue weighted by atomic mass is 16.7. The van der Waals surface area contributed by atoms with Crippen LogP contribution in [0.2, 0.25) is 0 Å². The van der Waals surface area contributed by atoms with E-state index < -0.39 is 102 Å². The van der Waals surface area contributed by atoms with Crippen molar-refractivity contribution in [2.24, 2.45) is 17.8 Å². The Bertz CT molecular complexity index is 1940. The Labute approximate surface area is 384 Å². The Morgan fingerprint density at radius 1 is 0.908 bits per heavy atom. The van der Waals surface area contributed by atoms with E-state index in [1.807, 2.05) is 37.7 Å². The van der Waals surface area contributed by atoms with Gasteiger partial charge in [-0.1, -0.05) is 20.8 Å². The van der Waals surface area contributed by atoms with Crippen molar-refractivity contribution in [2.75, 3.05) is 34.9 Å². The molecule has 3 saturated heterocycles. The van der Waals surface area contributed by atoms with Crippen molar-refractivity contribution in [2.45, 2.75) is 192 Å². The topological polar surface area (TPSA) is 220 Å². The largest absolute Gasteiger partial charge is 0.497 e. The minimum Gasteiger partial charge on any atom is -0.497 e. The average molecular weight is 923 g/mol. The first-order valence-corrected chi connectivity index (χ1v) is 23.2. The summed E-state index contributed by atoms with van der Waals surface area (Å²) in [6, 6.07) is 5.44. The van der Waals surface area contributed by atoms with Crippen molar-refractivity contribution >= 4 is 16.9 Å². The van der Waals surface area contributed by atoms with Crippen LogP contribution in [0.4, 0.5) is 0 Å². The quantitative estimate of drug-likeness (QED) is 0.170. The predicted octanol–water partition coefficient (Wildman–Crippen LogP) is 3.59. The molecule has 3 fully saturated rings. The number of aliphatic hydroxyl groups excluding tert-OH is 3. The number of cyclic esters (lactones) is 1. The molecule has 4 heterocycles. The van der Waals surface area contributed by atoms with E-state index in [2.05, 4.69) is 0 Å². The van der Waals surface area contributed by atoms with Crippen LogP contribution in [0.5, 0.6) is 5.75 Å². The van der Waals surface area contributed by atoms with Crippen LogP contribution in [0, 0.1) is 17.8 Å². The maximum absolute atomic E-state index is 14.6. The van der Waals surface area contributed by atoms with Crippen molar-refractivity contribution in [3.63, 3.8) is 0 Å². The lowest BCUT2D eigenvalue weighted by molar-refractivity contribution is -0.318. The Morgan fingerprint density at radius 3 is 2.20 bits per heavy atom. The Hall–Kier alpha value is -2.78. The zero-order valence-corrected chi connectivity index (χ0v) is 40.9. The molecule has 0 unspecified atom stereocenters. The van der Waals surface area contributed by atoms with Gasteiger partial charge in [0, 0.05) is 62.1 Å². The first-order valence-electron chi connectivity index (χ1n) is 23.2. The Balaban J connectivity index is 1.64. The van der Waals surface area contributed by atoms with E-state index in [4.69, 9.17) is 37.6 Å². The number of ether oxygens (including phenoxy) is 7. The number of rotatable bonds is 10. The summed E-state index contributed by atoms with van der Waals surface area (Å²) in [7, 11) is 6.75. The van der Waals surface area contributed by atoms with E-state index in [9.17, 15) is 35.1 Å². The van der Waals surface area contributed by atoms with E-state index in [0.717, 1.165) is 0 Å². The van der Waals surface area contributed by atoms with Gasteiger partial charge in [0.1, 0.15) is 41.3 Å². The fraction of sp³-hybridized carbons (Fsp3) is 0.792. The zero-order valence-electron chi connectivity index (χ0n) is 40.9. The number of carbonyl (C=O) groups excluding carboxylic acids is 1. The first-order chi connectivity index (χ1) is 30.3. The van der Waals surface area contributed by atoms with Crippen LogP contribution in [0.25, 0.3) is 11.0 Å². The molecule has 0 bridgehead atoms. The molecule has 2 aromatic rings. The van der Waals surface area contributed by atoms with E-state index in [1.54, 1.807) is 66.7 Å². The molecule has 370 valence electrons. The van der Waals surface area contributed by atoms with E-state index in [-0.39, 0.29) is 50.4 Å². The minimum atomic E-state index is -1.98. The molecule has 0 aliphatic carbocycles. The number of carbonyl (C=O) groups is 1. The smallest absolute Gasteiger partial charge is 0.336 e. The van der Waals surface area contributed by atoms with Gasteiger partial charge in [-0.25, -0.2) is 4.79 Å². The molecular weight excluding hydrogens is 845 g/mol. The summed E-state index contributed by atoms with van der Waals surface area (Å²) in [6.45, 7) is 17.7. The fourth-order valence-corrected chi connectivity index (χ4v) is 10.5. The summed E-state index contributed by atoms with van der Waals surface area (Å²) in [6.07, 6.45) is -9.43. The van der Waals surface area contributed by atoms with Gasteiger partial charge >= 0.3 is 11.6 Å². The molecule has 0 spiro atoms. The lowest BCUT2D eigenvalue weighted by atomic mass is 9.77. The zero-order chi connectivity index (χ0) is 48.5. The number of likely N-dealkylation sites (N-methyl/N-ethyl adjacent to an activating group) is 1. The van der Waals surface area contributed by atoms with Crippen molar-refractivity contribution < 1.29 is 67.9 Å². The summed E-state index contributed by atoms with van der Waals surface area (Å²) in [5, 5.41) is 60.9. The predicted molar refractivity (Wildman–Crippen MR) is 241 cm³/mol. The second-order valence-corrected chi connectivity index (χ2v) is 20.1. The summed E-state index contributed by atoms with van der Waals surface area (Å²) in [4.78, 5) is 31.4. The lowest BCUT2D eigenvalue weighted by Gasteiger charge is -2.48. The monoisotopic (exact) mass is 923 g/mol. The minimum absolute atomic E-state index is 0.0871. The maximum Gasteiger partial charge on any atom is 0.336 e. The van der Waals surface area contributed by atoms with Gasteiger partial charge in [0.25, 0.3) is 0 Å².